The van der Waals surface area contributed by atoms with Crippen LogP contribution in [0, 0.1) is 5.92 Å². The van der Waals surface area contributed by atoms with Gasteiger partial charge >= 0.3 is 5.97 Å². The maximum absolute atomic E-state index is 11.4. The zero-order valence-electron chi connectivity index (χ0n) is 14.3. The average molecular weight is 360 g/mol. The number of carbonyl (C=O) groups is 1. The van der Waals surface area contributed by atoms with Crippen LogP contribution < -0.4 is 9.64 Å². The largest absolute Gasteiger partial charge is 0.493 e. The summed E-state index contributed by atoms with van der Waals surface area (Å²) in [5, 5.41) is 0.760. The SMILES string of the molecule is COC(=O)c1ccc(OCC2CCCN(c3ccc(Cl)cc3)C2)cc1. The van der Waals surface area contributed by atoms with Crippen LogP contribution in [0.15, 0.2) is 48.5 Å². The van der Waals surface area contributed by atoms with E-state index in [0.29, 0.717) is 18.1 Å². The molecule has 0 spiro atoms. The van der Waals surface area contributed by atoms with Gasteiger partial charge in [0.25, 0.3) is 0 Å². The topological polar surface area (TPSA) is 38.8 Å². The highest BCUT2D eigenvalue weighted by atomic mass is 35.5. The lowest BCUT2D eigenvalue weighted by atomic mass is 9.98. The highest BCUT2D eigenvalue weighted by molar-refractivity contribution is 6.30. The molecule has 5 heteroatoms. The quantitative estimate of drug-likeness (QED) is 0.741. The molecule has 0 amide bonds. The fraction of sp³-hybridized carbons (Fsp3) is 0.350. The lowest BCUT2D eigenvalue weighted by Gasteiger charge is -2.34. The Kier molecular flexibility index (Phi) is 5.82. The standard InChI is InChI=1S/C20H22ClNO3/c1-24-20(23)16-4-10-19(11-5-16)25-14-15-3-2-12-22(13-15)18-8-6-17(21)7-9-18/h4-11,15H,2-3,12-14H2,1H3. The minimum absolute atomic E-state index is 0.336. The highest BCUT2D eigenvalue weighted by Gasteiger charge is 2.21. The Balaban J connectivity index is 1.54. The molecule has 0 N–H and O–H groups in total. The minimum atomic E-state index is -0.336. The predicted molar refractivity (Wildman–Crippen MR) is 99.7 cm³/mol. The van der Waals surface area contributed by atoms with E-state index in [2.05, 4.69) is 17.0 Å². The summed E-state index contributed by atoms with van der Waals surface area (Å²) in [7, 11) is 1.38. The zero-order chi connectivity index (χ0) is 17.6. The molecule has 1 atom stereocenters. The molecule has 4 nitrogen and oxygen atoms in total. The molecule has 25 heavy (non-hydrogen) atoms. The van der Waals surface area contributed by atoms with Crippen molar-refractivity contribution in [3.05, 3.63) is 59.1 Å². The van der Waals surface area contributed by atoms with E-state index in [9.17, 15) is 4.79 Å². The summed E-state index contributed by atoms with van der Waals surface area (Å²) in [6, 6.07) is 15.1. The Labute approximate surface area is 153 Å². The molecule has 0 radical (unpaired) electrons. The molecule has 1 heterocycles. The van der Waals surface area contributed by atoms with Gasteiger partial charge in [-0.2, -0.15) is 0 Å². The summed E-state index contributed by atoms with van der Waals surface area (Å²) >= 11 is 5.97. The number of halogens is 1. The number of methoxy groups -OCH3 is 1. The van der Waals surface area contributed by atoms with Crippen molar-refractivity contribution in [3.63, 3.8) is 0 Å². The maximum atomic E-state index is 11.4. The van der Waals surface area contributed by atoms with Gasteiger partial charge in [-0.25, -0.2) is 4.79 Å². The van der Waals surface area contributed by atoms with Crippen LogP contribution in [0.5, 0.6) is 5.75 Å². The first-order chi connectivity index (χ1) is 12.2. The van der Waals surface area contributed by atoms with E-state index in [-0.39, 0.29) is 5.97 Å². The van der Waals surface area contributed by atoms with Crippen molar-refractivity contribution >= 4 is 23.3 Å². The van der Waals surface area contributed by atoms with Crippen LogP contribution in [-0.4, -0.2) is 32.8 Å². The van der Waals surface area contributed by atoms with Crippen LogP contribution in [0.1, 0.15) is 23.2 Å². The van der Waals surface area contributed by atoms with Gasteiger partial charge in [0.05, 0.1) is 19.3 Å². The molecule has 0 aliphatic carbocycles. The third-order valence-corrected chi connectivity index (χ3v) is 4.72. The maximum Gasteiger partial charge on any atom is 0.337 e. The van der Waals surface area contributed by atoms with Gasteiger partial charge in [0.2, 0.25) is 0 Å². The van der Waals surface area contributed by atoms with Crippen LogP contribution in [-0.2, 0) is 4.74 Å². The molecule has 2 aromatic carbocycles. The Morgan fingerprint density at radius 1 is 1.16 bits per heavy atom. The zero-order valence-corrected chi connectivity index (χ0v) is 15.0. The van der Waals surface area contributed by atoms with E-state index in [1.165, 1.54) is 12.8 Å². The normalized spacial score (nSPS) is 17.2. The summed E-state index contributed by atoms with van der Waals surface area (Å²) in [6.45, 7) is 2.70. The second-order valence-electron chi connectivity index (χ2n) is 6.26. The van der Waals surface area contributed by atoms with E-state index in [0.717, 1.165) is 36.7 Å². The summed E-state index contributed by atoms with van der Waals surface area (Å²) in [6.07, 6.45) is 2.31. The van der Waals surface area contributed by atoms with Gasteiger partial charge in [-0.1, -0.05) is 11.6 Å². The van der Waals surface area contributed by atoms with Crippen LogP contribution in [0.4, 0.5) is 5.69 Å². The molecule has 132 valence electrons. The number of carbonyl (C=O) groups excluding carboxylic acids is 1. The van der Waals surface area contributed by atoms with Crippen molar-refractivity contribution in [1.82, 2.24) is 0 Å². The van der Waals surface area contributed by atoms with Crippen molar-refractivity contribution in [2.24, 2.45) is 5.92 Å². The molecular formula is C20H22ClNO3. The summed E-state index contributed by atoms with van der Waals surface area (Å²) in [5.74, 6) is 0.915. The first kappa shape index (κ1) is 17.6. The predicted octanol–water partition coefficient (Wildman–Crippen LogP) is 4.42. The van der Waals surface area contributed by atoms with E-state index in [1.54, 1.807) is 12.1 Å². The number of rotatable bonds is 5. The Morgan fingerprint density at radius 2 is 1.88 bits per heavy atom. The number of esters is 1. The summed E-state index contributed by atoms with van der Waals surface area (Å²) in [5.41, 5.74) is 1.73. The number of benzene rings is 2. The minimum Gasteiger partial charge on any atom is -0.493 e. The molecule has 1 aliphatic heterocycles. The first-order valence-corrected chi connectivity index (χ1v) is 8.85. The summed E-state index contributed by atoms with van der Waals surface area (Å²) in [4.78, 5) is 13.8. The van der Waals surface area contributed by atoms with Gasteiger partial charge < -0.3 is 14.4 Å². The second kappa shape index (κ2) is 8.26. The number of ether oxygens (including phenoxy) is 2. The van der Waals surface area contributed by atoms with Crippen molar-refractivity contribution in [2.45, 2.75) is 12.8 Å². The molecule has 2 aromatic rings. The Morgan fingerprint density at radius 3 is 2.56 bits per heavy atom. The molecule has 0 aromatic heterocycles. The smallest absolute Gasteiger partial charge is 0.337 e. The third kappa shape index (κ3) is 4.67. The van der Waals surface area contributed by atoms with Crippen molar-refractivity contribution < 1.29 is 14.3 Å². The van der Waals surface area contributed by atoms with Gasteiger partial charge in [-0.15, -0.1) is 0 Å². The highest BCUT2D eigenvalue weighted by Crippen LogP contribution is 2.25. The number of hydrogen-bond donors (Lipinski definition) is 0. The molecule has 1 aliphatic rings. The van der Waals surface area contributed by atoms with Crippen molar-refractivity contribution in [2.75, 3.05) is 31.7 Å². The number of hydrogen-bond acceptors (Lipinski definition) is 4. The lowest BCUT2D eigenvalue weighted by Crippen LogP contribution is -2.37. The van der Waals surface area contributed by atoms with Crippen LogP contribution in [0.25, 0.3) is 0 Å². The van der Waals surface area contributed by atoms with Gasteiger partial charge in [0, 0.05) is 29.7 Å². The van der Waals surface area contributed by atoms with Gasteiger partial charge in [-0.05, 0) is 61.4 Å². The lowest BCUT2D eigenvalue weighted by molar-refractivity contribution is 0.0600. The van der Waals surface area contributed by atoms with E-state index >= 15 is 0 Å². The second-order valence-corrected chi connectivity index (χ2v) is 6.69. The van der Waals surface area contributed by atoms with E-state index < -0.39 is 0 Å². The van der Waals surface area contributed by atoms with Gasteiger partial charge in [-0.3, -0.25) is 0 Å². The molecule has 1 unspecified atom stereocenters. The van der Waals surface area contributed by atoms with E-state index in [4.69, 9.17) is 21.1 Å². The molecular weight excluding hydrogens is 338 g/mol. The third-order valence-electron chi connectivity index (χ3n) is 4.47. The Bertz CT molecular complexity index is 700. The monoisotopic (exact) mass is 359 g/mol. The average Bonchev–Trinajstić information content (AvgIpc) is 2.67. The fourth-order valence-corrected chi connectivity index (χ4v) is 3.23. The van der Waals surface area contributed by atoms with Crippen LogP contribution >= 0.6 is 11.6 Å². The summed E-state index contributed by atoms with van der Waals surface area (Å²) < 4.78 is 10.6. The van der Waals surface area contributed by atoms with Crippen molar-refractivity contribution in [3.8, 4) is 5.75 Å². The first-order valence-electron chi connectivity index (χ1n) is 8.47. The van der Waals surface area contributed by atoms with Gasteiger partial charge in [0.15, 0.2) is 0 Å². The van der Waals surface area contributed by atoms with Crippen molar-refractivity contribution in [1.29, 1.82) is 0 Å². The number of nitrogens with zero attached hydrogens (tertiary/aromatic N) is 1. The number of piperidine rings is 1. The fourth-order valence-electron chi connectivity index (χ4n) is 3.11. The van der Waals surface area contributed by atoms with E-state index in [1.807, 2.05) is 24.3 Å². The molecule has 0 saturated carbocycles. The Hall–Kier alpha value is -2.20. The number of anilines is 1. The van der Waals surface area contributed by atoms with Crippen LogP contribution in [0.2, 0.25) is 5.02 Å². The molecule has 1 fully saturated rings. The van der Waals surface area contributed by atoms with Crippen LogP contribution in [0.3, 0.4) is 0 Å². The van der Waals surface area contributed by atoms with Gasteiger partial charge in [0.1, 0.15) is 5.75 Å². The molecule has 1 saturated heterocycles. The molecule has 0 bridgehead atoms. The molecule has 3 rings (SSSR count).